The molecule has 0 aliphatic carbocycles. The van der Waals surface area contributed by atoms with Crippen molar-refractivity contribution in [3.8, 4) is 0 Å². The highest BCUT2D eigenvalue weighted by atomic mass is 32.2. The van der Waals surface area contributed by atoms with Crippen molar-refractivity contribution in [1.29, 1.82) is 0 Å². The number of cyclic esters (lactones) is 1. The van der Waals surface area contributed by atoms with Crippen molar-refractivity contribution < 1.29 is 19.1 Å². The van der Waals surface area contributed by atoms with Gasteiger partial charge in [-0.25, -0.2) is 0 Å². The van der Waals surface area contributed by atoms with E-state index in [1.54, 1.807) is 7.11 Å². The first kappa shape index (κ1) is 23.0. The third kappa shape index (κ3) is 8.36. The summed E-state index contributed by atoms with van der Waals surface area (Å²) in [6.07, 6.45) is 9.17. The Hall–Kier alpha value is -1.33. The van der Waals surface area contributed by atoms with Gasteiger partial charge in [0.25, 0.3) is 0 Å². The third-order valence-corrected chi connectivity index (χ3v) is 6.43. The lowest BCUT2D eigenvalue weighted by Crippen LogP contribution is -2.34. The summed E-state index contributed by atoms with van der Waals surface area (Å²) in [6, 6.07) is 9.76. The van der Waals surface area contributed by atoms with E-state index in [9.17, 15) is 9.59 Å². The fourth-order valence-corrected chi connectivity index (χ4v) is 4.71. The Morgan fingerprint density at radius 3 is 2.18 bits per heavy atom. The van der Waals surface area contributed by atoms with E-state index in [2.05, 4.69) is 0 Å². The van der Waals surface area contributed by atoms with Gasteiger partial charge in [0.05, 0.1) is 17.8 Å². The van der Waals surface area contributed by atoms with Crippen LogP contribution in [0.4, 0.5) is 0 Å². The second kappa shape index (κ2) is 13.0. The Kier molecular flexibility index (Phi) is 10.7. The van der Waals surface area contributed by atoms with Crippen LogP contribution in [0.15, 0.2) is 35.2 Å². The number of carbonyl (C=O) groups excluding carboxylic acids is 2. The fraction of sp³-hybridized carbons (Fsp3) is 0.652. The Morgan fingerprint density at radius 2 is 1.54 bits per heavy atom. The van der Waals surface area contributed by atoms with Crippen LogP contribution in [0.3, 0.4) is 0 Å². The first-order valence-electron chi connectivity index (χ1n) is 10.6. The van der Waals surface area contributed by atoms with Gasteiger partial charge in [0, 0.05) is 12.0 Å². The van der Waals surface area contributed by atoms with E-state index in [0.717, 1.165) is 30.6 Å². The van der Waals surface area contributed by atoms with Gasteiger partial charge in [-0.15, -0.1) is 11.8 Å². The average molecular weight is 407 g/mol. The number of Topliss-reactive ketones (excluding diaryl/α,β-unsaturated/α-hetero) is 1. The molecule has 4 nitrogen and oxygen atoms in total. The molecule has 28 heavy (non-hydrogen) atoms. The van der Waals surface area contributed by atoms with Crippen LogP contribution in [0.25, 0.3) is 0 Å². The SMILES string of the molecule is CO[C@H]1CCCCCCCCC[C@@H](C)OC(=O)CC(Sc2ccccc2)C1=O. The van der Waals surface area contributed by atoms with E-state index < -0.39 is 11.4 Å². The lowest BCUT2D eigenvalue weighted by atomic mass is 10.0. The van der Waals surface area contributed by atoms with Gasteiger partial charge in [-0.3, -0.25) is 9.59 Å². The summed E-state index contributed by atoms with van der Waals surface area (Å²) >= 11 is 1.43. The second-order valence-corrected chi connectivity index (χ2v) is 8.88. The molecule has 0 radical (unpaired) electrons. The third-order valence-electron chi connectivity index (χ3n) is 5.20. The number of hydrogen-bond acceptors (Lipinski definition) is 5. The minimum atomic E-state index is -0.486. The van der Waals surface area contributed by atoms with Crippen molar-refractivity contribution in [2.45, 2.75) is 93.5 Å². The fourth-order valence-electron chi connectivity index (χ4n) is 3.58. The number of ketones is 1. The molecule has 156 valence electrons. The van der Waals surface area contributed by atoms with Crippen molar-refractivity contribution in [3.05, 3.63) is 30.3 Å². The molecule has 1 unspecified atom stereocenters. The number of carbonyl (C=O) groups is 2. The number of methoxy groups -OCH3 is 1. The van der Waals surface area contributed by atoms with E-state index in [0.29, 0.717) is 6.42 Å². The molecule has 1 heterocycles. The number of rotatable bonds is 3. The summed E-state index contributed by atoms with van der Waals surface area (Å²) in [5.41, 5.74) is 0. The molecule has 1 aliphatic heterocycles. The lowest BCUT2D eigenvalue weighted by molar-refractivity contribution is -0.150. The van der Waals surface area contributed by atoms with Gasteiger partial charge in [-0.05, 0) is 38.3 Å². The van der Waals surface area contributed by atoms with Crippen LogP contribution < -0.4 is 0 Å². The average Bonchev–Trinajstić information content (AvgIpc) is 2.68. The summed E-state index contributed by atoms with van der Waals surface area (Å²) in [7, 11) is 1.59. The highest BCUT2D eigenvalue weighted by molar-refractivity contribution is 8.00. The van der Waals surface area contributed by atoms with Crippen molar-refractivity contribution in [3.63, 3.8) is 0 Å². The molecular formula is C23H34O4S. The molecule has 0 bridgehead atoms. The van der Waals surface area contributed by atoms with Crippen molar-refractivity contribution in [2.75, 3.05) is 7.11 Å². The summed E-state index contributed by atoms with van der Waals surface area (Å²) < 4.78 is 11.1. The molecule has 0 spiro atoms. The number of thioether (sulfide) groups is 1. The van der Waals surface area contributed by atoms with Gasteiger partial charge in [-0.2, -0.15) is 0 Å². The maximum Gasteiger partial charge on any atom is 0.307 e. The molecule has 0 amide bonds. The van der Waals surface area contributed by atoms with Gasteiger partial charge >= 0.3 is 5.97 Å². The Balaban J connectivity index is 2.10. The molecular weight excluding hydrogens is 372 g/mol. The zero-order chi connectivity index (χ0) is 20.2. The lowest BCUT2D eigenvalue weighted by Gasteiger charge is -2.22. The van der Waals surface area contributed by atoms with Crippen molar-refractivity contribution in [2.24, 2.45) is 0 Å². The first-order chi connectivity index (χ1) is 13.6. The topological polar surface area (TPSA) is 52.6 Å². The number of ether oxygens (including phenoxy) is 2. The second-order valence-electron chi connectivity index (χ2n) is 7.60. The van der Waals surface area contributed by atoms with Crippen LogP contribution in [0, 0.1) is 0 Å². The first-order valence-corrected chi connectivity index (χ1v) is 11.5. The molecule has 0 saturated carbocycles. The zero-order valence-electron chi connectivity index (χ0n) is 17.2. The van der Waals surface area contributed by atoms with Crippen molar-refractivity contribution in [1.82, 2.24) is 0 Å². The van der Waals surface area contributed by atoms with Crippen LogP contribution in [-0.2, 0) is 19.1 Å². The quantitative estimate of drug-likeness (QED) is 0.614. The van der Waals surface area contributed by atoms with E-state index in [1.165, 1.54) is 37.4 Å². The summed E-state index contributed by atoms with van der Waals surface area (Å²) in [6.45, 7) is 1.94. The number of benzene rings is 1. The Morgan fingerprint density at radius 1 is 0.929 bits per heavy atom. The zero-order valence-corrected chi connectivity index (χ0v) is 18.0. The van der Waals surface area contributed by atoms with Crippen molar-refractivity contribution >= 4 is 23.5 Å². The molecule has 1 fully saturated rings. The van der Waals surface area contributed by atoms with E-state index in [1.807, 2.05) is 37.3 Å². The van der Waals surface area contributed by atoms with Gasteiger partial charge in [0.15, 0.2) is 5.78 Å². The minimum absolute atomic E-state index is 0.00643. The van der Waals surface area contributed by atoms with Gasteiger partial charge in [0.2, 0.25) is 0 Å². The smallest absolute Gasteiger partial charge is 0.307 e. The predicted molar refractivity (Wildman–Crippen MR) is 114 cm³/mol. The Labute approximate surface area is 173 Å². The minimum Gasteiger partial charge on any atom is -0.463 e. The van der Waals surface area contributed by atoms with Crippen LogP contribution in [-0.4, -0.2) is 36.3 Å². The molecule has 1 aromatic carbocycles. The molecule has 5 heteroatoms. The number of hydrogen-bond donors (Lipinski definition) is 0. The molecule has 1 aliphatic rings. The highest BCUT2D eigenvalue weighted by Gasteiger charge is 2.30. The predicted octanol–water partition coefficient (Wildman–Crippen LogP) is 5.58. The van der Waals surface area contributed by atoms with Crippen LogP contribution >= 0.6 is 11.8 Å². The van der Waals surface area contributed by atoms with E-state index in [4.69, 9.17) is 9.47 Å². The number of esters is 1. The standard InChI is InChI=1S/C23H34O4S/c1-18-13-9-6-4-3-5-7-12-16-20(26-2)23(25)21(17-22(24)27-18)28-19-14-10-8-11-15-19/h8,10-11,14-15,18,20-21H,3-7,9,12-13,16-17H2,1-2H3/t18-,20+,21?/m1/s1. The van der Waals surface area contributed by atoms with Gasteiger partial charge in [-0.1, -0.05) is 56.7 Å². The molecule has 1 saturated heterocycles. The van der Waals surface area contributed by atoms with Crippen LogP contribution in [0.5, 0.6) is 0 Å². The molecule has 1 aromatic rings. The van der Waals surface area contributed by atoms with Gasteiger partial charge in [0.1, 0.15) is 6.10 Å². The highest BCUT2D eigenvalue weighted by Crippen LogP contribution is 2.29. The van der Waals surface area contributed by atoms with Crippen LogP contribution in [0.1, 0.15) is 71.1 Å². The maximum atomic E-state index is 13.1. The van der Waals surface area contributed by atoms with Crippen LogP contribution in [0.2, 0.25) is 0 Å². The van der Waals surface area contributed by atoms with Gasteiger partial charge < -0.3 is 9.47 Å². The largest absolute Gasteiger partial charge is 0.463 e. The molecule has 0 N–H and O–H groups in total. The normalized spacial score (nSPS) is 26.6. The molecule has 0 aromatic heterocycles. The summed E-state index contributed by atoms with van der Waals surface area (Å²) in [4.78, 5) is 26.6. The molecule has 2 rings (SSSR count). The summed E-state index contributed by atoms with van der Waals surface area (Å²) in [5, 5.41) is -0.486. The Bertz CT molecular complexity index is 590. The molecule has 3 atom stereocenters. The maximum absolute atomic E-state index is 13.1. The van der Waals surface area contributed by atoms with E-state index >= 15 is 0 Å². The summed E-state index contributed by atoms with van der Waals surface area (Å²) in [5.74, 6) is -0.302. The monoisotopic (exact) mass is 406 g/mol. The van der Waals surface area contributed by atoms with E-state index in [-0.39, 0.29) is 24.3 Å².